The van der Waals surface area contributed by atoms with Crippen molar-refractivity contribution >= 4 is 23.8 Å². The van der Waals surface area contributed by atoms with Gasteiger partial charge in [-0.25, -0.2) is 9.59 Å². The normalized spacial score (nSPS) is 22.7. The Labute approximate surface area is 307 Å². The topological polar surface area (TPSA) is 122 Å². The number of cyclic esters (lactones) is 1. The second-order valence-corrected chi connectivity index (χ2v) is 15.8. The maximum atomic E-state index is 13.5. The van der Waals surface area contributed by atoms with Crippen molar-refractivity contribution in [1.82, 2.24) is 0 Å². The summed E-state index contributed by atoms with van der Waals surface area (Å²) in [6.07, 6.45) is 7.30. The van der Waals surface area contributed by atoms with Crippen molar-refractivity contribution in [2.24, 2.45) is 5.92 Å². The van der Waals surface area contributed by atoms with Gasteiger partial charge in [0.2, 0.25) is 5.79 Å². The van der Waals surface area contributed by atoms with E-state index in [9.17, 15) is 14.7 Å². The molecule has 1 unspecified atom stereocenters. The van der Waals surface area contributed by atoms with Crippen molar-refractivity contribution in [3.63, 3.8) is 0 Å². The third kappa shape index (κ3) is 10.2. The Bertz CT molecular complexity index is 1630. The van der Waals surface area contributed by atoms with Crippen molar-refractivity contribution in [1.29, 1.82) is 0 Å². The summed E-state index contributed by atoms with van der Waals surface area (Å²) in [6, 6.07) is 11.2. The van der Waals surface area contributed by atoms with Crippen LogP contribution in [0, 0.1) is 5.92 Å². The van der Waals surface area contributed by atoms with Gasteiger partial charge in [-0.15, -0.1) is 0 Å². The van der Waals surface area contributed by atoms with Crippen molar-refractivity contribution in [3.05, 3.63) is 71.3 Å². The molecule has 52 heavy (non-hydrogen) atoms. The number of fused-ring (bicyclic) bond motifs is 1. The third-order valence-electron chi connectivity index (χ3n) is 8.97. The fourth-order valence-corrected chi connectivity index (χ4v) is 6.13. The number of aliphatic hydroxyl groups is 1. The summed E-state index contributed by atoms with van der Waals surface area (Å²) in [5.41, 5.74) is 1.66. The Hall–Kier alpha value is -3.90. The van der Waals surface area contributed by atoms with Crippen molar-refractivity contribution in [2.75, 3.05) is 12.0 Å². The van der Waals surface area contributed by atoms with Crippen LogP contribution in [-0.2, 0) is 30.3 Å². The molecule has 11 nitrogen and oxygen atoms in total. The minimum Gasteiger partial charge on any atom is -0.497 e. The maximum Gasteiger partial charge on any atom is 0.415 e. The predicted molar refractivity (Wildman–Crippen MR) is 197 cm³/mol. The Kier molecular flexibility index (Phi) is 11.8. The van der Waals surface area contributed by atoms with Gasteiger partial charge in [0.1, 0.15) is 34.9 Å². The average molecular weight is 722 g/mol. The van der Waals surface area contributed by atoms with Gasteiger partial charge in [0.25, 0.3) is 0 Å². The van der Waals surface area contributed by atoms with Crippen molar-refractivity contribution in [2.45, 2.75) is 136 Å². The Balaban J connectivity index is 1.44. The Morgan fingerprint density at radius 1 is 1.02 bits per heavy atom. The smallest absolute Gasteiger partial charge is 0.415 e. The van der Waals surface area contributed by atoms with Crippen LogP contribution in [0.1, 0.15) is 103 Å². The number of hydrogen-bond donors (Lipinski definition) is 1. The number of rotatable bonds is 13. The number of carbonyl (C=O) groups excluding carboxylic acids is 2. The number of hydrogen-bond acceptors (Lipinski definition) is 10. The van der Waals surface area contributed by atoms with Crippen LogP contribution in [0.4, 0.5) is 10.5 Å². The van der Waals surface area contributed by atoms with E-state index in [1.807, 2.05) is 90.1 Å². The van der Waals surface area contributed by atoms with E-state index < -0.39 is 53.7 Å². The van der Waals surface area contributed by atoms with Crippen LogP contribution in [0.15, 0.2) is 54.6 Å². The minimum atomic E-state index is -1.19. The number of aliphatic hydroxyl groups excluding tert-OH is 1. The Morgan fingerprint density at radius 2 is 1.71 bits per heavy atom. The molecule has 3 aliphatic rings. The number of benzene rings is 2. The molecule has 5 rings (SSSR count). The lowest BCUT2D eigenvalue weighted by Gasteiger charge is -2.34. The van der Waals surface area contributed by atoms with Gasteiger partial charge in [-0.05, 0) is 96.0 Å². The van der Waals surface area contributed by atoms with Gasteiger partial charge >= 0.3 is 12.1 Å². The molecule has 1 aliphatic carbocycles. The first-order valence-corrected chi connectivity index (χ1v) is 18.1. The zero-order chi connectivity index (χ0) is 38.0. The largest absolute Gasteiger partial charge is 0.497 e. The van der Waals surface area contributed by atoms with Gasteiger partial charge in [-0.2, -0.15) is 0 Å². The zero-order valence-corrected chi connectivity index (χ0v) is 32.1. The molecule has 1 amide bonds. The van der Waals surface area contributed by atoms with E-state index in [1.165, 1.54) is 0 Å². The van der Waals surface area contributed by atoms with Crippen LogP contribution in [0.25, 0.3) is 6.08 Å². The Morgan fingerprint density at radius 3 is 2.33 bits per heavy atom. The minimum absolute atomic E-state index is 0.0141. The highest BCUT2D eigenvalue weighted by Gasteiger charge is 2.45. The number of nitrogens with zero attached hydrogens (tertiary/aromatic N) is 1. The second kappa shape index (κ2) is 15.6. The molecule has 5 atom stereocenters. The van der Waals surface area contributed by atoms with E-state index in [2.05, 4.69) is 0 Å². The molecule has 0 aromatic heterocycles. The summed E-state index contributed by atoms with van der Waals surface area (Å²) >= 11 is 0. The SMILES string of the molecule is COc1ccc(COC(C=C[C@@H](C)[C@H](C)O)[C@H]2OC(C)(C)O[C@H]2CC=Cc2cc(N(C(=O)OC(C)(C)C)C3CC3)cc3c2C(=O)OC(C)(C)O3)cc1. The fraction of sp³-hybridized carbons (Fsp3) is 0.561. The number of methoxy groups -OCH3 is 1. The molecule has 0 bridgehead atoms. The highest BCUT2D eigenvalue weighted by molar-refractivity contribution is 6.00. The lowest BCUT2D eigenvalue weighted by atomic mass is 9.99. The highest BCUT2D eigenvalue weighted by Crippen LogP contribution is 2.41. The van der Waals surface area contributed by atoms with Crippen LogP contribution in [0.5, 0.6) is 11.5 Å². The summed E-state index contributed by atoms with van der Waals surface area (Å²) < 4.78 is 42.2. The molecule has 2 aromatic rings. The number of carbonyl (C=O) groups is 2. The fourth-order valence-electron chi connectivity index (χ4n) is 6.13. The van der Waals surface area contributed by atoms with Gasteiger partial charge in [-0.1, -0.05) is 43.4 Å². The molecule has 1 saturated carbocycles. The molecule has 2 aliphatic heterocycles. The van der Waals surface area contributed by atoms with Crippen LogP contribution in [0.3, 0.4) is 0 Å². The number of esters is 1. The standard InChI is InChI=1S/C41H55NO10/c1-25(26(2)43)14-21-32(47-24-27-15-19-31(46-10)20-16-27)36-33(48-40(6,7)50-36)13-11-12-28-22-30(23-34-35(28)37(44)51-41(8,9)49-34)42(29-17-18-29)38(45)52-39(3,4)5/h11-12,14-16,19-23,25-26,29,32-33,36,43H,13,17-18,24H2,1-10H3/t25-,26+,32?,33+,36-/m1/s1. The van der Waals surface area contributed by atoms with E-state index in [1.54, 1.807) is 44.9 Å². The lowest BCUT2D eigenvalue weighted by molar-refractivity contribution is -0.156. The molecular formula is C41H55NO10. The molecule has 1 saturated heterocycles. The number of anilines is 1. The predicted octanol–water partition coefficient (Wildman–Crippen LogP) is 7.97. The average Bonchev–Trinajstić information content (AvgIpc) is 3.81. The summed E-state index contributed by atoms with van der Waals surface area (Å²) in [4.78, 5) is 28.5. The van der Waals surface area contributed by atoms with Gasteiger partial charge < -0.3 is 38.3 Å². The summed E-state index contributed by atoms with van der Waals surface area (Å²) in [6.45, 7) is 16.6. The van der Waals surface area contributed by atoms with Gasteiger partial charge in [0.05, 0.1) is 31.6 Å². The van der Waals surface area contributed by atoms with E-state index in [-0.39, 0.29) is 17.5 Å². The number of ether oxygens (including phenoxy) is 7. The molecule has 2 fully saturated rings. The molecular weight excluding hydrogens is 666 g/mol. The first-order valence-electron chi connectivity index (χ1n) is 18.1. The highest BCUT2D eigenvalue weighted by atomic mass is 16.8. The summed E-state index contributed by atoms with van der Waals surface area (Å²) in [5, 5.41) is 10.2. The zero-order valence-electron chi connectivity index (χ0n) is 32.1. The van der Waals surface area contributed by atoms with E-state index in [4.69, 9.17) is 33.2 Å². The quantitative estimate of drug-likeness (QED) is 0.161. The third-order valence-corrected chi connectivity index (χ3v) is 8.97. The monoisotopic (exact) mass is 721 g/mol. The molecule has 11 heteroatoms. The van der Waals surface area contributed by atoms with Crippen LogP contribution < -0.4 is 14.4 Å². The summed E-state index contributed by atoms with van der Waals surface area (Å²) in [7, 11) is 1.63. The van der Waals surface area contributed by atoms with E-state index in [0.29, 0.717) is 30.0 Å². The molecule has 0 radical (unpaired) electrons. The second-order valence-electron chi connectivity index (χ2n) is 15.8. The molecule has 284 valence electrons. The first kappa shape index (κ1) is 39.3. The lowest BCUT2D eigenvalue weighted by Crippen LogP contribution is -2.40. The van der Waals surface area contributed by atoms with Crippen LogP contribution in [0.2, 0.25) is 0 Å². The summed E-state index contributed by atoms with van der Waals surface area (Å²) in [5.74, 6) is -1.62. The van der Waals surface area contributed by atoms with E-state index >= 15 is 0 Å². The molecule has 2 aromatic carbocycles. The molecule has 0 spiro atoms. The molecule has 2 heterocycles. The van der Waals surface area contributed by atoms with E-state index in [0.717, 1.165) is 24.2 Å². The van der Waals surface area contributed by atoms with Crippen LogP contribution in [-0.4, -0.2) is 71.9 Å². The first-order chi connectivity index (χ1) is 24.3. The van der Waals surface area contributed by atoms with Crippen molar-refractivity contribution < 1.29 is 47.9 Å². The van der Waals surface area contributed by atoms with Gasteiger partial charge in [0, 0.05) is 26.0 Å². The van der Waals surface area contributed by atoms with Gasteiger partial charge in [0.15, 0.2) is 5.79 Å². The number of amides is 1. The maximum absolute atomic E-state index is 13.5. The molecule has 1 N–H and O–H groups in total. The van der Waals surface area contributed by atoms with Gasteiger partial charge in [-0.3, -0.25) is 4.90 Å². The van der Waals surface area contributed by atoms with Crippen molar-refractivity contribution in [3.8, 4) is 11.5 Å². The van der Waals surface area contributed by atoms with Crippen LogP contribution >= 0.6 is 0 Å².